The number of hydrogen-bond acceptors (Lipinski definition) is 2. The zero-order valence-electron chi connectivity index (χ0n) is 11.3. The van der Waals surface area contributed by atoms with Crippen LogP contribution in [0.1, 0.15) is 18.3 Å². The van der Waals surface area contributed by atoms with Crippen LogP contribution in [0.4, 0.5) is 0 Å². The summed E-state index contributed by atoms with van der Waals surface area (Å²) in [5.74, 6) is -0.791. The highest BCUT2D eigenvalue weighted by molar-refractivity contribution is 8.00. The zero-order chi connectivity index (χ0) is 14.0. The van der Waals surface area contributed by atoms with Crippen molar-refractivity contribution in [2.45, 2.75) is 30.9 Å². The van der Waals surface area contributed by atoms with Crippen LogP contribution in [-0.4, -0.2) is 20.9 Å². The molecule has 1 heterocycles. The number of rotatable bonds is 4. The van der Waals surface area contributed by atoms with E-state index in [1.165, 1.54) is 11.8 Å². The Kier molecular flexibility index (Phi) is 4.00. The van der Waals surface area contributed by atoms with Gasteiger partial charge < -0.3 is 9.67 Å². The maximum atomic E-state index is 11.0. The Morgan fingerprint density at radius 2 is 1.74 bits per heavy atom. The molecule has 0 saturated heterocycles. The van der Waals surface area contributed by atoms with Gasteiger partial charge in [-0.2, -0.15) is 0 Å². The number of aryl methyl sites for hydroxylation is 2. The topological polar surface area (TPSA) is 42.2 Å². The molecule has 2 rings (SSSR count). The Morgan fingerprint density at radius 3 is 2.32 bits per heavy atom. The molecule has 0 spiro atoms. The van der Waals surface area contributed by atoms with Crippen LogP contribution in [0, 0.1) is 13.8 Å². The smallest absolute Gasteiger partial charge is 0.316 e. The van der Waals surface area contributed by atoms with Crippen LogP contribution < -0.4 is 0 Å². The molecule has 1 N–H and O–H groups in total. The number of carboxylic acid groups (broad SMARTS) is 1. The van der Waals surface area contributed by atoms with Gasteiger partial charge in [0, 0.05) is 16.3 Å². The second kappa shape index (κ2) is 5.53. The summed E-state index contributed by atoms with van der Waals surface area (Å²) in [6.07, 6.45) is 0. The molecule has 0 fully saturated rings. The highest BCUT2D eigenvalue weighted by atomic mass is 32.2. The Morgan fingerprint density at radius 1 is 1.16 bits per heavy atom. The zero-order valence-corrected chi connectivity index (χ0v) is 12.1. The summed E-state index contributed by atoms with van der Waals surface area (Å²) in [5.41, 5.74) is 3.34. The fourth-order valence-corrected chi connectivity index (χ4v) is 2.95. The maximum Gasteiger partial charge on any atom is 0.316 e. The lowest BCUT2D eigenvalue weighted by molar-refractivity contribution is -0.136. The predicted molar refractivity (Wildman–Crippen MR) is 78.2 cm³/mol. The number of carbonyl (C=O) groups is 1. The summed E-state index contributed by atoms with van der Waals surface area (Å²) in [7, 11) is 0. The maximum absolute atomic E-state index is 11.0. The van der Waals surface area contributed by atoms with Crippen molar-refractivity contribution in [1.82, 2.24) is 4.57 Å². The molecule has 0 aliphatic rings. The molecule has 4 heteroatoms. The second-order valence-electron chi connectivity index (χ2n) is 4.52. The summed E-state index contributed by atoms with van der Waals surface area (Å²) < 4.78 is 2.15. The minimum atomic E-state index is -0.791. The van der Waals surface area contributed by atoms with E-state index < -0.39 is 11.2 Å². The molecule has 1 aromatic heterocycles. The number of carboxylic acids is 1. The van der Waals surface area contributed by atoms with E-state index in [1.54, 1.807) is 6.92 Å². The first-order chi connectivity index (χ1) is 9.00. The Bertz CT molecular complexity index is 584. The highest BCUT2D eigenvalue weighted by Crippen LogP contribution is 2.31. The minimum Gasteiger partial charge on any atom is -0.480 e. The number of aromatic nitrogens is 1. The van der Waals surface area contributed by atoms with E-state index in [-0.39, 0.29) is 0 Å². The second-order valence-corrected chi connectivity index (χ2v) is 5.90. The van der Waals surface area contributed by atoms with Crippen LogP contribution in [0.5, 0.6) is 0 Å². The van der Waals surface area contributed by atoms with Crippen LogP contribution in [0.25, 0.3) is 5.69 Å². The standard InChI is InChI=1S/C15H17NO2S/c1-10-8-9-11(2)16(10)13-6-4-5-7-14(13)19-12(3)15(17)18/h4-9,12H,1-3H3,(H,17,18)/t12-/m0/s1. The van der Waals surface area contributed by atoms with Gasteiger partial charge in [0.15, 0.2) is 0 Å². The number of benzene rings is 1. The first kappa shape index (κ1) is 13.7. The van der Waals surface area contributed by atoms with Crippen LogP contribution in [-0.2, 0) is 4.79 Å². The fraction of sp³-hybridized carbons (Fsp3) is 0.267. The van der Waals surface area contributed by atoms with Crippen molar-refractivity contribution in [1.29, 1.82) is 0 Å². The molecule has 0 aliphatic heterocycles. The van der Waals surface area contributed by atoms with Crippen LogP contribution in [0.3, 0.4) is 0 Å². The summed E-state index contributed by atoms with van der Waals surface area (Å²) >= 11 is 1.37. The van der Waals surface area contributed by atoms with Gasteiger partial charge in [0.05, 0.1) is 5.69 Å². The lowest BCUT2D eigenvalue weighted by Crippen LogP contribution is -2.12. The molecule has 3 nitrogen and oxygen atoms in total. The van der Waals surface area contributed by atoms with Gasteiger partial charge in [0.1, 0.15) is 5.25 Å². The third-order valence-corrected chi connectivity index (χ3v) is 4.18. The van der Waals surface area contributed by atoms with Crippen molar-refractivity contribution in [2.24, 2.45) is 0 Å². The number of nitrogens with zero attached hydrogens (tertiary/aromatic N) is 1. The fourth-order valence-electron chi connectivity index (χ4n) is 2.03. The van der Waals surface area contributed by atoms with Crippen molar-refractivity contribution in [3.05, 3.63) is 47.8 Å². The molecule has 2 aromatic rings. The lowest BCUT2D eigenvalue weighted by Gasteiger charge is -2.15. The van der Waals surface area contributed by atoms with E-state index >= 15 is 0 Å². The average Bonchev–Trinajstić information content (AvgIpc) is 2.70. The first-order valence-corrected chi connectivity index (χ1v) is 7.02. The van der Waals surface area contributed by atoms with E-state index in [2.05, 4.69) is 30.5 Å². The molecular weight excluding hydrogens is 258 g/mol. The van der Waals surface area contributed by atoms with Gasteiger partial charge in [0.2, 0.25) is 0 Å². The van der Waals surface area contributed by atoms with E-state index in [9.17, 15) is 4.79 Å². The number of aliphatic carboxylic acids is 1. The Balaban J connectivity index is 2.45. The third kappa shape index (κ3) is 2.84. The molecule has 1 aromatic carbocycles. The molecule has 0 aliphatic carbocycles. The van der Waals surface area contributed by atoms with E-state index in [0.717, 1.165) is 22.0 Å². The van der Waals surface area contributed by atoms with Crippen molar-refractivity contribution in [3.63, 3.8) is 0 Å². The van der Waals surface area contributed by atoms with E-state index in [0.29, 0.717) is 0 Å². The van der Waals surface area contributed by atoms with Crippen LogP contribution in [0.15, 0.2) is 41.3 Å². The minimum absolute atomic E-state index is 0.461. The number of para-hydroxylation sites is 1. The monoisotopic (exact) mass is 275 g/mol. The van der Waals surface area contributed by atoms with Gasteiger partial charge in [-0.1, -0.05) is 12.1 Å². The van der Waals surface area contributed by atoms with Gasteiger partial charge in [-0.25, -0.2) is 0 Å². The van der Waals surface area contributed by atoms with Gasteiger partial charge in [0.25, 0.3) is 0 Å². The molecule has 0 unspecified atom stereocenters. The van der Waals surface area contributed by atoms with Gasteiger partial charge in [-0.3, -0.25) is 4.79 Å². The van der Waals surface area contributed by atoms with E-state index in [4.69, 9.17) is 5.11 Å². The van der Waals surface area contributed by atoms with Crippen molar-refractivity contribution >= 4 is 17.7 Å². The largest absolute Gasteiger partial charge is 0.480 e. The summed E-state index contributed by atoms with van der Waals surface area (Å²) in [5, 5.41) is 8.59. The van der Waals surface area contributed by atoms with Crippen molar-refractivity contribution in [3.8, 4) is 5.69 Å². The summed E-state index contributed by atoms with van der Waals surface area (Å²) in [6.45, 7) is 5.81. The molecule has 1 atom stereocenters. The normalized spacial score (nSPS) is 12.4. The summed E-state index contributed by atoms with van der Waals surface area (Å²) in [6, 6.07) is 12.0. The van der Waals surface area contributed by atoms with Crippen molar-refractivity contribution < 1.29 is 9.90 Å². The number of hydrogen-bond donors (Lipinski definition) is 1. The quantitative estimate of drug-likeness (QED) is 0.866. The Labute approximate surface area is 117 Å². The third-order valence-electron chi connectivity index (χ3n) is 3.03. The molecule has 0 bridgehead atoms. The highest BCUT2D eigenvalue weighted by Gasteiger charge is 2.16. The molecule has 100 valence electrons. The van der Waals surface area contributed by atoms with Crippen LogP contribution in [0.2, 0.25) is 0 Å². The molecule has 0 amide bonds. The Hall–Kier alpha value is -1.68. The predicted octanol–water partition coefficient (Wildman–Crippen LogP) is 3.66. The molecule has 0 radical (unpaired) electrons. The van der Waals surface area contributed by atoms with E-state index in [1.807, 2.05) is 24.3 Å². The molecule has 19 heavy (non-hydrogen) atoms. The van der Waals surface area contributed by atoms with Gasteiger partial charge in [-0.15, -0.1) is 11.8 Å². The van der Waals surface area contributed by atoms with Gasteiger partial charge >= 0.3 is 5.97 Å². The first-order valence-electron chi connectivity index (χ1n) is 6.14. The number of thioether (sulfide) groups is 1. The molecule has 0 saturated carbocycles. The van der Waals surface area contributed by atoms with Crippen molar-refractivity contribution in [2.75, 3.05) is 0 Å². The van der Waals surface area contributed by atoms with Gasteiger partial charge in [-0.05, 0) is 45.0 Å². The average molecular weight is 275 g/mol. The SMILES string of the molecule is Cc1ccc(C)n1-c1ccccc1S[C@@H](C)C(=O)O. The lowest BCUT2D eigenvalue weighted by atomic mass is 10.3. The van der Waals surface area contributed by atoms with Crippen LogP contribution >= 0.6 is 11.8 Å². The molecular formula is C15H17NO2S. The summed E-state index contributed by atoms with van der Waals surface area (Å²) in [4.78, 5) is 12.0.